The molecule has 1 N–H and O–H groups in total. The van der Waals surface area contributed by atoms with Crippen LogP contribution in [0.2, 0.25) is 5.02 Å². The molecule has 0 saturated heterocycles. The van der Waals surface area contributed by atoms with Gasteiger partial charge in [0.2, 0.25) is 0 Å². The van der Waals surface area contributed by atoms with Gasteiger partial charge in [-0.2, -0.15) is 5.26 Å². The van der Waals surface area contributed by atoms with E-state index < -0.39 is 0 Å². The Balaban J connectivity index is 2.34. The molecule has 1 aromatic carbocycles. The zero-order valence-corrected chi connectivity index (χ0v) is 13.6. The highest BCUT2D eigenvalue weighted by Crippen LogP contribution is 2.35. The van der Waals surface area contributed by atoms with Crippen LogP contribution >= 0.6 is 22.9 Å². The molecule has 0 aliphatic rings. The summed E-state index contributed by atoms with van der Waals surface area (Å²) in [5.74, 6) is -0.306. The Morgan fingerprint density at radius 1 is 1.33 bits per heavy atom. The molecule has 0 bridgehead atoms. The maximum atomic E-state index is 12.3. The van der Waals surface area contributed by atoms with Gasteiger partial charge < -0.3 is 5.32 Å². The third-order valence-corrected chi connectivity index (χ3v) is 4.28. The fraction of sp³-hybridized carbons (Fsp3) is 0.250. The monoisotopic (exact) mass is 318 g/mol. The van der Waals surface area contributed by atoms with Crippen molar-refractivity contribution in [2.75, 3.05) is 5.32 Å². The minimum Gasteiger partial charge on any atom is -0.312 e. The molecule has 0 aliphatic carbocycles. The van der Waals surface area contributed by atoms with Gasteiger partial charge in [-0.05, 0) is 28.5 Å². The molecule has 1 heterocycles. The number of halogens is 1. The van der Waals surface area contributed by atoms with Gasteiger partial charge >= 0.3 is 0 Å². The minimum absolute atomic E-state index is 0.144. The van der Waals surface area contributed by atoms with Crippen molar-refractivity contribution in [2.45, 2.75) is 26.2 Å². The van der Waals surface area contributed by atoms with Crippen LogP contribution in [-0.2, 0) is 5.41 Å². The summed E-state index contributed by atoms with van der Waals surface area (Å²) in [6, 6.07) is 9.02. The Kier molecular flexibility index (Phi) is 4.36. The molecule has 21 heavy (non-hydrogen) atoms. The normalized spacial score (nSPS) is 11.0. The molecule has 1 aromatic heterocycles. The highest BCUT2D eigenvalue weighted by Gasteiger charge is 2.23. The lowest BCUT2D eigenvalue weighted by molar-refractivity contribution is 0.102. The lowest BCUT2D eigenvalue weighted by Crippen LogP contribution is -2.14. The second-order valence-electron chi connectivity index (χ2n) is 5.65. The number of carbonyl (C=O) groups excluding carboxylic acids is 1. The van der Waals surface area contributed by atoms with E-state index in [9.17, 15) is 10.1 Å². The highest BCUT2D eigenvalue weighted by molar-refractivity contribution is 7.14. The van der Waals surface area contributed by atoms with Crippen LogP contribution in [0.1, 0.15) is 42.3 Å². The fourth-order valence-electron chi connectivity index (χ4n) is 1.93. The van der Waals surface area contributed by atoms with E-state index in [4.69, 9.17) is 11.6 Å². The number of thiophene rings is 1. The van der Waals surface area contributed by atoms with Gasteiger partial charge in [-0.25, -0.2) is 0 Å². The molecule has 1 amide bonds. The quantitative estimate of drug-likeness (QED) is 0.862. The average molecular weight is 319 g/mol. The number of rotatable bonds is 2. The average Bonchev–Trinajstić information content (AvgIpc) is 2.81. The summed E-state index contributed by atoms with van der Waals surface area (Å²) in [6.45, 7) is 6.11. The van der Waals surface area contributed by atoms with Crippen molar-refractivity contribution in [3.8, 4) is 6.07 Å². The van der Waals surface area contributed by atoms with E-state index in [1.165, 1.54) is 11.3 Å². The molecule has 0 fully saturated rings. The van der Waals surface area contributed by atoms with Gasteiger partial charge in [0, 0.05) is 0 Å². The van der Waals surface area contributed by atoms with E-state index in [0.29, 0.717) is 21.2 Å². The molecule has 0 aliphatic heterocycles. The molecule has 0 radical (unpaired) electrons. The predicted octanol–water partition coefficient (Wildman–Crippen LogP) is 4.82. The van der Waals surface area contributed by atoms with Crippen LogP contribution < -0.4 is 5.32 Å². The zero-order valence-electron chi connectivity index (χ0n) is 12.0. The lowest BCUT2D eigenvalue weighted by atomic mass is 9.86. The first kappa shape index (κ1) is 15.6. The third-order valence-electron chi connectivity index (χ3n) is 3.06. The van der Waals surface area contributed by atoms with E-state index in [1.807, 2.05) is 26.2 Å². The van der Waals surface area contributed by atoms with Crippen LogP contribution in [-0.4, -0.2) is 5.91 Å². The van der Waals surface area contributed by atoms with Crippen LogP contribution in [0.5, 0.6) is 0 Å². The second kappa shape index (κ2) is 5.88. The topological polar surface area (TPSA) is 52.9 Å². The molecule has 2 rings (SSSR count). The fourth-order valence-corrected chi connectivity index (χ4v) is 3.28. The summed E-state index contributed by atoms with van der Waals surface area (Å²) in [7, 11) is 0. The molecule has 0 atom stereocenters. The molecule has 0 unspecified atom stereocenters. The second-order valence-corrected chi connectivity index (χ2v) is 6.94. The Labute approximate surface area is 133 Å². The highest BCUT2D eigenvalue weighted by atomic mass is 35.5. The number of benzene rings is 1. The van der Waals surface area contributed by atoms with Crippen LogP contribution in [0.3, 0.4) is 0 Å². The Bertz CT molecular complexity index is 723. The van der Waals surface area contributed by atoms with E-state index in [1.54, 1.807) is 24.3 Å². The van der Waals surface area contributed by atoms with Gasteiger partial charge in [0.05, 0.1) is 16.1 Å². The van der Waals surface area contributed by atoms with Crippen LogP contribution in [0.25, 0.3) is 0 Å². The number of hydrogen-bond donors (Lipinski definition) is 1. The molecule has 5 heteroatoms. The predicted molar refractivity (Wildman–Crippen MR) is 87.1 cm³/mol. The number of anilines is 1. The maximum absolute atomic E-state index is 12.3. The first-order valence-electron chi connectivity index (χ1n) is 6.42. The van der Waals surface area contributed by atoms with Crippen molar-refractivity contribution in [2.24, 2.45) is 0 Å². The summed E-state index contributed by atoms with van der Waals surface area (Å²) < 4.78 is 0. The van der Waals surface area contributed by atoms with Crippen LogP contribution in [0.15, 0.2) is 29.6 Å². The SMILES string of the molecule is CC(C)(C)c1csc(NC(=O)c2ccccc2Cl)c1C#N. The van der Waals surface area contributed by atoms with Crippen molar-refractivity contribution < 1.29 is 4.79 Å². The zero-order chi connectivity index (χ0) is 15.6. The van der Waals surface area contributed by atoms with Crippen molar-refractivity contribution >= 4 is 33.8 Å². The van der Waals surface area contributed by atoms with Gasteiger partial charge in [0.15, 0.2) is 0 Å². The van der Waals surface area contributed by atoms with E-state index in [2.05, 4.69) is 11.4 Å². The molecule has 0 spiro atoms. The van der Waals surface area contributed by atoms with Crippen molar-refractivity contribution in [1.82, 2.24) is 0 Å². The molecule has 2 aromatic rings. The summed E-state index contributed by atoms with van der Waals surface area (Å²) in [5, 5.41) is 15.0. The van der Waals surface area contributed by atoms with Gasteiger partial charge in [-0.1, -0.05) is 44.5 Å². The number of nitrogens with zero attached hydrogens (tertiary/aromatic N) is 1. The van der Waals surface area contributed by atoms with Crippen molar-refractivity contribution in [1.29, 1.82) is 5.26 Å². The molecular weight excluding hydrogens is 304 g/mol. The van der Waals surface area contributed by atoms with Crippen molar-refractivity contribution in [3.63, 3.8) is 0 Å². The summed E-state index contributed by atoms with van der Waals surface area (Å²) in [5.41, 5.74) is 1.71. The number of amides is 1. The number of nitrogens with one attached hydrogen (secondary N) is 1. The summed E-state index contributed by atoms with van der Waals surface area (Å²) in [6.07, 6.45) is 0. The van der Waals surface area contributed by atoms with Gasteiger partial charge in [-0.15, -0.1) is 11.3 Å². The number of nitriles is 1. The van der Waals surface area contributed by atoms with Gasteiger partial charge in [-0.3, -0.25) is 4.79 Å². The number of carbonyl (C=O) groups is 1. The van der Waals surface area contributed by atoms with E-state index in [-0.39, 0.29) is 11.3 Å². The Hall–Kier alpha value is -1.83. The molecular formula is C16H15ClN2OS. The Morgan fingerprint density at radius 3 is 2.57 bits per heavy atom. The molecule has 3 nitrogen and oxygen atoms in total. The van der Waals surface area contributed by atoms with Crippen LogP contribution in [0, 0.1) is 11.3 Å². The first-order chi connectivity index (χ1) is 9.84. The lowest BCUT2D eigenvalue weighted by Gasteiger charge is -2.17. The first-order valence-corrected chi connectivity index (χ1v) is 7.68. The molecule has 0 saturated carbocycles. The standard InChI is InChI=1S/C16H15ClN2OS/c1-16(2,3)12-9-21-15(11(12)8-18)19-14(20)10-6-4-5-7-13(10)17/h4-7,9H,1-3H3,(H,19,20). The van der Waals surface area contributed by atoms with E-state index in [0.717, 1.165) is 5.56 Å². The summed E-state index contributed by atoms with van der Waals surface area (Å²) >= 11 is 7.37. The third kappa shape index (κ3) is 3.26. The van der Waals surface area contributed by atoms with Crippen LogP contribution in [0.4, 0.5) is 5.00 Å². The largest absolute Gasteiger partial charge is 0.312 e. The van der Waals surface area contributed by atoms with Gasteiger partial charge in [0.1, 0.15) is 11.1 Å². The van der Waals surface area contributed by atoms with Gasteiger partial charge in [0.25, 0.3) is 5.91 Å². The number of hydrogen-bond acceptors (Lipinski definition) is 3. The molecule has 108 valence electrons. The Morgan fingerprint density at radius 2 is 2.00 bits per heavy atom. The smallest absolute Gasteiger partial charge is 0.257 e. The van der Waals surface area contributed by atoms with E-state index >= 15 is 0 Å². The maximum Gasteiger partial charge on any atom is 0.257 e. The summed E-state index contributed by atoms with van der Waals surface area (Å²) in [4.78, 5) is 12.3. The minimum atomic E-state index is -0.306. The van der Waals surface area contributed by atoms with Crippen molar-refractivity contribution in [3.05, 3.63) is 51.4 Å².